The van der Waals surface area contributed by atoms with E-state index in [0.717, 1.165) is 0 Å². The van der Waals surface area contributed by atoms with Crippen LogP contribution >= 0.6 is 12.2 Å². The summed E-state index contributed by atoms with van der Waals surface area (Å²) >= 11 is 4.69. The number of hydrogen-bond donors (Lipinski definition) is 3. The van der Waals surface area contributed by atoms with Gasteiger partial charge in [0.05, 0.1) is 4.90 Å². The Morgan fingerprint density at radius 2 is 2.00 bits per heavy atom. The number of benzene rings is 1. The van der Waals surface area contributed by atoms with Gasteiger partial charge < -0.3 is 15.8 Å². The Hall–Kier alpha value is -1.22. The van der Waals surface area contributed by atoms with Gasteiger partial charge in [0.1, 0.15) is 0 Å². The summed E-state index contributed by atoms with van der Waals surface area (Å²) in [5.41, 5.74) is 5.96. The Labute approximate surface area is 118 Å². The highest BCUT2D eigenvalue weighted by Gasteiger charge is 2.12. The number of thiocarbonyl (C=S) groups is 1. The first-order valence-corrected chi connectivity index (χ1v) is 7.50. The van der Waals surface area contributed by atoms with E-state index in [-0.39, 0.29) is 10.0 Å². The van der Waals surface area contributed by atoms with E-state index < -0.39 is 10.0 Å². The minimum atomic E-state index is -3.48. The van der Waals surface area contributed by atoms with Gasteiger partial charge in [-0.15, -0.1) is 0 Å². The number of nitrogens with two attached hydrogens (primary N) is 1. The zero-order valence-electron chi connectivity index (χ0n) is 10.5. The van der Waals surface area contributed by atoms with Gasteiger partial charge in [-0.25, -0.2) is 13.1 Å². The summed E-state index contributed by atoms with van der Waals surface area (Å²) in [7, 11) is -1.91. The fraction of sp³-hybridized carbons (Fsp3) is 0.364. The monoisotopic (exact) mass is 303 g/mol. The molecule has 4 N–H and O–H groups in total. The van der Waals surface area contributed by atoms with Crippen LogP contribution in [0.1, 0.15) is 6.42 Å². The van der Waals surface area contributed by atoms with Gasteiger partial charge in [-0.2, -0.15) is 0 Å². The molecule has 0 atom stereocenters. The van der Waals surface area contributed by atoms with Crippen LogP contribution in [0.15, 0.2) is 29.2 Å². The van der Waals surface area contributed by atoms with Crippen LogP contribution in [0.5, 0.6) is 0 Å². The van der Waals surface area contributed by atoms with Crippen LogP contribution in [0.4, 0.5) is 5.69 Å². The van der Waals surface area contributed by atoms with E-state index >= 15 is 0 Å². The van der Waals surface area contributed by atoms with Crippen molar-refractivity contribution >= 4 is 33.0 Å². The van der Waals surface area contributed by atoms with Crippen LogP contribution in [0.3, 0.4) is 0 Å². The molecule has 0 amide bonds. The van der Waals surface area contributed by atoms with Crippen molar-refractivity contribution in [2.24, 2.45) is 5.73 Å². The van der Waals surface area contributed by atoms with Gasteiger partial charge in [-0.05, 0) is 42.9 Å². The fourth-order valence-electron chi connectivity index (χ4n) is 1.37. The van der Waals surface area contributed by atoms with Crippen LogP contribution in [0.2, 0.25) is 0 Å². The van der Waals surface area contributed by atoms with Gasteiger partial charge in [0.15, 0.2) is 5.11 Å². The van der Waals surface area contributed by atoms with Crippen LogP contribution in [0.25, 0.3) is 0 Å². The van der Waals surface area contributed by atoms with E-state index in [1.54, 1.807) is 19.2 Å². The summed E-state index contributed by atoms with van der Waals surface area (Å²) in [5.74, 6) is 0. The Balaban J connectivity index is 2.65. The molecule has 0 aliphatic heterocycles. The summed E-state index contributed by atoms with van der Waals surface area (Å²) in [6.45, 7) is 0.850. The lowest BCUT2D eigenvalue weighted by Crippen LogP contribution is -2.25. The second-order valence-corrected chi connectivity index (χ2v) is 5.96. The highest BCUT2D eigenvalue weighted by atomic mass is 32.2. The average Bonchev–Trinajstić information content (AvgIpc) is 2.35. The molecule has 0 aliphatic carbocycles. The van der Waals surface area contributed by atoms with Gasteiger partial charge in [-0.1, -0.05) is 0 Å². The third-order valence-corrected chi connectivity index (χ3v) is 3.83. The predicted octanol–water partition coefficient (Wildman–Crippen LogP) is 0.657. The third kappa shape index (κ3) is 5.52. The van der Waals surface area contributed by atoms with E-state index in [4.69, 9.17) is 22.7 Å². The van der Waals surface area contributed by atoms with E-state index in [0.29, 0.717) is 25.3 Å². The fourth-order valence-corrected chi connectivity index (χ4v) is 2.56. The molecule has 1 aromatic rings. The van der Waals surface area contributed by atoms with Crippen molar-refractivity contribution < 1.29 is 13.2 Å². The van der Waals surface area contributed by atoms with Gasteiger partial charge in [0, 0.05) is 25.9 Å². The maximum atomic E-state index is 11.9. The lowest BCUT2D eigenvalue weighted by molar-refractivity contribution is 0.196. The van der Waals surface area contributed by atoms with E-state index in [9.17, 15) is 8.42 Å². The molecule has 19 heavy (non-hydrogen) atoms. The Morgan fingerprint density at radius 3 is 2.53 bits per heavy atom. The molecule has 0 saturated heterocycles. The molecule has 1 aromatic carbocycles. The zero-order valence-corrected chi connectivity index (χ0v) is 12.2. The molecule has 6 nitrogen and oxygen atoms in total. The number of ether oxygens (including phenoxy) is 1. The maximum absolute atomic E-state index is 11.9. The van der Waals surface area contributed by atoms with Crippen molar-refractivity contribution in [1.29, 1.82) is 0 Å². The van der Waals surface area contributed by atoms with Crippen molar-refractivity contribution in [2.45, 2.75) is 11.3 Å². The first-order valence-electron chi connectivity index (χ1n) is 5.61. The van der Waals surface area contributed by atoms with Crippen molar-refractivity contribution in [3.05, 3.63) is 24.3 Å². The Bertz CT molecular complexity index is 514. The third-order valence-electron chi connectivity index (χ3n) is 2.25. The molecule has 0 radical (unpaired) electrons. The number of sulfonamides is 1. The van der Waals surface area contributed by atoms with Gasteiger partial charge in [0.25, 0.3) is 0 Å². The lowest BCUT2D eigenvalue weighted by Gasteiger charge is -2.08. The van der Waals surface area contributed by atoms with Crippen LogP contribution in [-0.4, -0.2) is 33.8 Å². The number of anilines is 1. The number of rotatable bonds is 7. The van der Waals surface area contributed by atoms with E-state index in [1.807, 2.05) is 0 Å². The second kappa shape index (κ2) is 7.39. The molecule has 8 heteroatoms. The molecule has 0 fully saturated rings. The van der Waals surface area contributed by atoms with E-state index in [1.165, 1.54) is 12.1 Å². The number of nitrogens with one attached hydrogen (secondary N) is 2. The summed E-state index contributed by atoms with van der Waals surface area (Å²) < 4.78 is 31.2. The molecule has 0 spiro atoms. The highest BCUT2D eigenvalue weighted by Crippen LogP contribution is 2.13. The zero-order chi connectivity index (χ0) is 14.3. The molecular weight excluding hydrogens is 286 g/mol. The van der Waals surface area contributed by atoms with Crippen molar-refractivity contribution in [3.63, 3.8) is 0 Å². The predicted molar refractivity (Wildman–Crippen MR) is 78.5 cm³/mol. The average molecular weight is 303 g/mol. The molecule has 0 aromatic heterocycles. The summed E-state index contributed by atoms with van der Waals surface area (Å²) in [6, 6.07) is 6.17. The molecule has 0 saturated carbocycles. The second-order valence-electron chi connectivity index (χ2n) is 3.76. The SMILES string of the molecule is COCCCNS(=O)(=O)c1ccc(NC(N)=S)cc1. The minimum absolute atomic E-state index is 0.133. The molecule has 106 valence electrons. The van der Waals surface area contributed by atoms with Crippen molar-refractivity contribution in [1.82, 2.24) is 4.72 Å². The minimum Gasteiger partial charge on any atom is -0.385 e. The van der Waals surface area contributed by atoms with Crippen molar-refractivity contribution in [3.8, 4) is 0 Å². The lowest BCUT2D eigenvalue weighted by atomic mass is 10.3. The number of hydrogen-bond acceptors (Lipinski definition) is 4. The molecular formula is C11H17N3O3S2. The molecule has 0 aliphatic rings. The van der Waals surface area contributed by atoms with Crippen molar-refractivity contribution in [2.75, 3.05) is 25.6 Å². The topological polar surface area (TPSA) is 93.4 Å². The number of methoxy groups -OCH3 is 1. The molecule has 0 heterocycles. The molecule has 0 unspecified atom stereocenters. The first kappa shape index (κ1) is 15.8. The van der Waals surface area contributed by atoms with Gasteiger partial charge in [0.2, 0.25) is 10.0 Å². The standard InChI is InChI=1S/C11H17N3O3S2/c1-17-8-2-7-13-19(15,16)10-5-3-9(4-6-10)14-11(12)18/h3-6,13H,2,7-8H2,1H3,(H3,12,14,18). The van der Waals surface area contributed by atoms with Crippen LogP contribution in [-0.2, 0) is 14.8 Å². The van der Waals surface area contributed by atoms with Gasteiger partial charge >= 0.3 is 0 Å². The van der Waals surface area contributed by atoms with Crippen LogP contribution in [0, 0.1) is 0 Å². The van der Waals surface area contributed by atoms with E-state index in [2.05, 4.69) is 10.0 Å². The maximum Gasteiger partial charge on any atom is 0.240 e. The highest BCUT2D eigenvalue weighted by molar-refractivity contribution is 7.89. The Kier molecular flexibility index (Phi) is 6.16. The smallest absolute Gasteiger partial charge is 0.240 e. The summed E-state index contributed by atoms with van der Waals surface area (Å²) in [4.78, 5) is 0.193. The summed E-state index contributed by atoms with van der Waals surface area (Å²) in [5, 5.41) is 2.85. The molecule has 1 rings (SSSR count). The van der Waals surface area contributed by atoms with Gasteiger partial charge in [-0.3, -0.25) is 0 Å². The summed E-state index contributed by atoms with van der Waals surface area (Å²) in [6.07, 6.45) is 0.622. The first-order chi connectivity index (χ1) is 8.95. The molecule has 0 bridgehead atoms. The van der Waals surface area contributed by atoms with Crippen LogP contribution < -0.4 is 15.8 Å². The normalized spacial score (nSPS) is 11.2. The quantitative estimate of drug-likeness (QED) is 0.506. The Morgan fingerprint density at radius 1 is 1.37 bits per heavy atom. The largest absolute Gasteiger partial charge is 0.385 e.